The second kappa shape index (κ2) is 0.800. The molecule has 2 aliphatic rings. The molecule has 0 amide bonds. The van der Waals surface area contributed by atoms with Crippen LogP contribution in [0.2, 0.25) is 0 Å². The second-order valence-electron chi connectivity index (χ2n) is 2.24. The standard InChI is InChI=1S/C6H8/c1-2-5(1)6-3-4-6/h1,5H,2-4H2. The van der Waals surface area contributed by atoms with Crippen LogP contribution in [0.3, 0.4) is 0 Å². The van der Waals surface area contributed by atoms with Crippen LogP contribution >= 0.6 is 0 Å². The van der Waals surface area contributed by atoms with Crippen LogP contribution in [0.1, 0.15) is 19.3 Å². The summed E-state index contributed by atoms with van der Waals surface area (Å²) in [7, 11) is 0. The monoisotopic (exact) mass is 80.1 g/mol. The van der Waals surface area contributed by atoms with E-state index in [9.17, 15) is 0 Å². The maximum absolute atomic E-state index is 2.39. The fraction of sp³-hybridized carbons (Fsp3) is 0.667. The smallest absolute Gasteiger partial charge is 0.0207 e. The molecular formula is C6H8. The van der Waals surface area contributed by atoms with Gasteiger partial charge in [-0.2, -0.15) is 0 Å². The highest BCUT2D eigenvalue weighted by molar-refractivity contribution is 5.22. The highest BCUT2D eigenvalue weighted by Gasteiger charge is 2.38. The predicted molar refractivity (Wildman–Crippen MR) is 24.9 cm³/mol. The van der Waals surface area contributed by atoms with Crippen molar-refractivity contribution in [1.82, 2.24) is 0 Å². The summed E-state index contributed by atoms with van der Waals surface area (Å²) >= 11 is 0. The molecule has 2 aliphatic carbocycles. The summed E-state index contributed by atoms with van der Waals surface area (Å²) in [6, 6.07) is 0. The Morgan fingerprint density at radius 3 is 2.33 bits per heavy atom. The number of rotatable bonds is 1. The van der Waals surface area contributed by atoms with Gasteiger partial charge in [0.05, 0.1) is 0 Å². The fourth-order valence-corrected chi connectivity index (χ4v) is 0.844. The highest BCUT2D eigenvalue weighted by Crippen LogP contribution is 2.50. The van der Waals surface area contributed by atoms with Gasteiger partial charge in [-0.1, -0.05) is 0 Å². The minimum absolute atomic E-state index is 1.00. The van der Waals surface area contributed by atoms with Gasteiger partial charge in [-0.3, -0.25) is 0 Å². The lowest BCUT2D eigenvalue weighted by Crippen LogP contribution is -1.67. The van der Waals surface area contributed by atoms with E-state index in [4.69, 9.17) is 0 Å². The summed E-state index contributed by atoms with van der Waals surface area (Å²) in [6.07, 6.45) is 6.68. The predicted octanol–water partition coefficient (Wildman–Crippen LogP) is 1.58. The van der Waals surface area contributed by atoms with Crippen LogP contribution in [-0.2, 0) is 0 Å². The molecule has 0 saturated heterocycles. The minimum Gasteiger partial charge on any atom is -0.0462 e. The van der Waals surface area contributed by atoms with E-state index in [1.807, 2.05) is 5.92 Å². The van der Waals surface area contributed by atoms with Crippen LogP contribution in [0.5, 0.6) is 0 Å². The molecule has 2 radical (unpaired) electrons. The van der Waals surface area contributed by atoms with Crippen LogP contribution in [0.15, 0.2) is 0 Å². The molecule has 0 spiro atoms. The summed E-state index contributed by atoms with van der Waals surface area (Å²) in [4.78, 5) is 0. The van der Waals surface area contributed by atoms with Gasteiger partial charge >= 0.3 is 0 Å². The molecule has 2 rings (SSSR count). The Hall–Kier alpha value is 0. The lowest BCUT2D eigenvalue weighted by molar-refractivity contribution is 1.00. The third kappa shape index (κ3) is 0.360. The van der Waals surface area contributed by atoms with Gasteiger partial charge < -0.3 is 0 Å². The van der Waals surface area contributed by atoms with Crippen molar-refractivity contribution in [2.75, 3.05) is 0 Å². The van der Waals surface area contributed by atoms with Crippen molar-refractivity contribution in [3.63, 3.8) is 0 Å². The zero-order valence-electron chi connectivity index (χ0n) is 3.78. The van der Waals surface area contributed by atoms with E-state index in [2.05, 4.69) is 6.42 Å². The summed E-state index contributed by atoms with van der Waals surface area (Å²) in [6.45, 7) is 0. The molecule has 0 aromatic rings. The van der Waals surface area contributed by atoms with Gasteiger partial charge in [-0.05, 0) is 37.5 Å². The van der Waals surface area contributed by atoms with Crippen molar-refractivity contribution in [1.29, 1.82) is 0 Å². The molecule has 32 valence electrons. The number of hydrogen-bond acceptors (Lipinski definition) is 0. The molecule has 0 aliphatic heterocycles. The Morgan fingerprint density at radius 2 is 2.17 bits per heavy atom. The van der Waals surface area contributed by atoms with E-state index in [-0.39, 0.29) is 0 Å². The molecule has 2 fully saturated rings. The first-order chi connectivity index (χ1) is 2.97. The Bertz CT molecular complexity index is 48.4. The molecule has 6 heavy (non-hydrogen) atoms. The van der Waals surface area contributed by atoms with Crippen molar-refractivity contribution in [2.24, 2.45) is 5.92 Å². The normalized spacial score (nSPS) is 34.0. The van der Waals surface area contributed by atoms with Gasteiger partial charge in [-0.15, -0.1) is 0 Å². The Balaban J connectivity index is 1.92. The lowest BCUT2D eigenvalue weighted by Gasteiger charge is -1.76. The molecule has 0 N–H and O–H groups in total. The molecule has 1 atom stereocenters. The van der Waals surface area contributed by atoms with E-state index in [0.29, 0.717) is 0 Å². The van der Waals surface area contributed by atoms with Gasteiger partial charge in [0, 0.05) is 0 Å². The van der Waals surface area contributed by atoms with Crippen LogP contribution in [0.25, 0.3) is 0 Å². The Morgan fingerprint density at radius 1 is 1.50 bits per heavy atom. The summed E-state index contributed by atoms with van der Waals surface area (Å²) in [5.41, 5.74) is 0. The van der Waals surface area contributed by atoms with Crippen LogP contribution in [0.4, 0.5) is 0 Å². The summed E-state index contributed by atoms with van der Waals surface area (Å²) < 4.78 is 0. The van der Waals surface area contributed by atoms with Crippen LogP contribution in [0, 0.1) is 18.3 Å². The largest absolute Gasteiger partial charge is 0.0462 e. The van der Waals surface area contributed by atoms with Gasteiger partial charge in [0.1, 0.15) is 0 Å². The SMILES string of the molecule is [CH]1CC1[C]1CC1. The first-order valence-electron chi connectivity index (χ1n) is 2.65. The summed E-state index contributed by atoms with van der Waals surface area (Å²) in [5, 5.41) is 0. The van der Waals surface area contributed by atoms with Gasteiger partial charge in [-0.25, -0.2) is 0 Å². The van der Waals surface area contributed by atoms with Crippen LogP contribution in [-0.4, -0.2) is 0 Å². The van der Waals surface area contributed by atoms with E-state index in [1.54, 1.807) is 0 Å². The minimum atomic E-state index is 1.00. The third-order valence-corrected chi connectivity index (χ3v) is 1.53. The maximum Gasteiger partial charge on any atom is -0.0207 e. The van der Waals surface area contributed by atoms with E-state index in [0.717, 1.165) is 5.92 Å². The molecule has 1 unspecified atom stereocenters. The molecule has 2 saturated carbocycles. The Kier molecular flexibility index (Phi) is 0.408. The van der Waals surface area contributed by atoms with Crippen molar-refractivity contribution in [2.45, 2.75) is 19.3 Å². The van der Waals surface area contributed by atoms with Crippen molar-refractivity contribution in [3.05, 3.63) is 12.3 Å². The topological polar surface area (TPSA) is 0 Å². The molecule has 0 heterocycles. The molecule has 0 aromatic carbocycles. The van der Waals surface area contributed by atoms with Gasteiger partial charge in [0.25, 0.3) is 0 Å². The fourth-order valence-electron chi connectivity index (χ4n) is 0.844. The maximum atomic E-state index is 2.39. The average Bonchev–Trinajstić information content (AvgIpc) is 2.26. The molecule has 0 bridgehead atoms. The van der Waals surface area contributed by atoms with Crippen molar-refractivity contribution >= 4 is 0 Å². The van der Waals surface area contributed by atoms with Gasteiger partial charge in [0.2, 0.25) is 0 Å². The molecule has 0 heteroatoms. The Labute approximate surface area is 38.6 Å². The van der Waals surface area contributed by atoms with E-state index >= 15 is 0 Å². The zero-order chi connectivity index (χ0) is 3.98. The molecule has 0 nitrogen and oxygen atoms in total. The third-order valence-electron chi connectivity index (χ3n) is 1.53. The quantitative estimate of drug-likeness (QED) is 0.448. The zero-order valence-corrected chi connectivity index (χ0v) is 3.78. The average molecular weight is 80.1 g/mol. The second-order valence-corrected chi connectivity index (χ2v) is 2.24. The summed E-state index contributed by atoms with van der Waals surface area (Å²) in [5.74, 6) is 2.82. The first kappa shape index (κ1) is 3.06. The molecular weight excluding hydrogens is 72.1 g/mol. The first-order valence-corrected chi connectivity index (χ1v) is 2.65. The molecule has 0 aromatic heterocycles. The highest BCUT2D eigenvalue weighted by atomic mass is 14.4. The van der Waals surface area contributed by atoms with Crippen LogP contribution < -0.4 is 0 Å². The lowest BCUT2D eigenvalue weighted by atomic mass is 10.3. The van der Waals surface area contributed by atoms with Crippen molar-refractivity contribution < 1.29 is 0 Å². The van der Waals surface area contributed by atoms with E-state index < -0.39 is 0 Å². The van der Waals surface area contributed by atoms with E-state index in [1.165, 1.54) is 19.3 Å². The van der Waals surface area contributed by atoms with Crippen molar-refractivity contribution in [3.8, 4) is 0 Å². The number of hydrogen-bond donors (Lipinski definition) is 0. The van der Waals surface area contributed by atoms with Gasteiger partial charge in [0.15, 0.2) is 0 Å².